The largest absolute Gasteiger partial charge is 0.507 e. The molecular formula is C95H84Cl5F3N14O16S6. The van der Waals surface area contributed by atoms with Gasteiger partial charge >= 0.3 is 18.2 Å². The number of thiazole rings is 2. The van der Waals surface area contributed by atoms with Crippen LogP contribution in [0.15, 0.2) is 298 Å². The Morgan fingerprint density at radius 2 is 0.835 bits per heavy atom. The highest BCUT2D eigenvalue weighted by Crippen LogP contribution is 2.44. The van der Waals surface area contributed by atoms with Gasteiger partial charge in [-0.3, -0.25) is 14.2 Å². The van der Waals surface area contributed by atoms with Gasteiger partial charge in [-0.15, -0.1) is 22.7 Å². The monoisotopic (exact) mass is 2100 g/mol. The zero-order chi connectivity index (χ0) is 99.6. The first-order valence-electron chi connectivity index (χ1n) is 41.8. The first kappa shape index (κ1) is 103. The topological polar surface area (TPSA) is 438 Å². The number of nitrogen functional groups attached to an aromatic ring is 1. The minimum atomic E-state index is -5.08. The summed E-state index contributed by atoms with van der Waals surface area (Å²) < 4.78 is 157. The second-order valence-corrected chi connectivity index (χ2v) is 42.1. The molecule has 2 saturated heterocycles. The molecule has 2 fully saturated rings. The van der Waals surface area contributed by atoms with Crippen LogP contribution < -0.4 is 45.3 Å². The van der Waals surface area contributed by atoms with E-state index in [4.69, 9.17) is 96.9 Å². The Kier molecular flexibility index (Phi) is 33.9. The zero-order valence-corrected chi connectivity index (χ0v) is 81.9. The van der Waals surface area contributed by atoms with Gasteiger partial charge in [0.2, 0.25) is 23.7 Å². The van der Waals surface area contributed by atoms with E-state index in [9.17, 15) is 61.9 Å². The van der Waals surface area contributed by atoms with Crippen LogP contribution in [0.1, 0.15) is 46.5 Å². The number of carbonyl (C=O) groups excluding carboxylic acids is 1. The van der Waals surface area contributed by atoms with Crippen LogP contribution in [0.2, 0.25) is 20.1 Å². The molecule has 6 heterocycles. The lowest BCUT2D eigenvalue weighted by Gasteiger charge is -2.34. The van der Waals surface area contributed by atoms with Crippen LogP contribution in [-0.2, 0) is 48.7 Å². The summed E-state index contributed by atoms with van der Waals surface area (Å²) in [6.45, 7) is 8.59. The third-order valence-electron chi connectivity index (χ3n) is 20.3. The maximum atomic E-state index is 13.2. The minimum absolute atomic E-state index is 0.00616. The number of sulfonamides is 3. The fourth-order valence-corrected chi connectivity index (χ4v) is 21.7. The van der Waals surface area contributed by atoms with Gasteiger partial charge in [0.05, 0.1) is 59.6 Å². The van der Waals surface area contributed by atoms with E-state index >= 15 is 0 Å². The van der Waals surface area contributed by atoms with Crippen molar-refractivity contribution in [1.82, 2.24) is 40.1 Å². The number of fused-ring (bicyclic) bond motifs is 4. The molecule has 0 spiro atoms. The molecule has 2 atom stereocenters. The number of aliphatic carboxylic acids is 1. The van der Waals surface area contributed by atoms with Crippen molar-refractivity contribution in [1.29, 1.82) is 0 Å². The van der Waals surface area contributed by atoms with E-state index in [2.05, 4.69) is 50.1 Å². The van der Waals surface area contributed by atoms with Crippen LogP contribution >= 0.6 is 79.8 Å². The molecule has 139 heavy (non-hydrogen) atoms. The van der Waals surface area contributed by atoms with Crippen LogP contribution in [0.3, 0.4) is 0 Å². The van der Waals surface area contributed by atoms with E-state index in [1.165, 1.54) is 65.1 Å². The van der Waals surface area contributed by atoms with Crippen molar-refractivity contribution >= 4 is 209 Å². The Labute approximate surface area is 828 Å². The SMILES string of the molecule is CC(C)(C)OC(=O)N1CCC[C@H](Nc2nccc(-c3scnc3Oc3cccc4c(NS(=O)(=O)c5ccccc5Cl)cccc34)n2)C1.Nc1cccc2c(O)cccc12.O=C(O)C(F)(F)F.O=S(=O)(Cl)c1ccccc1Cl.O=S(=O)(Nc1cccc2c(O)cccc12)c1ccccc1Cl.O=S(=O)(Nc1cccc2c(Oc3ncsc3-c3ccnc(N[C@H]4CCCNC4)n3)cccc12)c1ccccc1Cl. The Morgan fingerprint density at radius 1 is 0.468 bits per heavy atom. The second kappa shape index (κ2) is 45.6. The van der Waals surface area contributed by atoms with Gasteiger partial charge in [-0.25, -0.2) is 73.2 Å². The highest BCUT2D eigenvalue weighted by Gasteiger charge is 2.38. The van der Waals surface area contributed by atoms with Gasteiger partial charge in [-0.2, -0.15) is 13.2 Å². The van der Waals surface area contributed by atoms with Crippen LogP contribution in [0.5, 0.6) is 34.8 Å². The maximum Gasteiger partial charge on any atom is 0.490 e. The van der Waals surface area contributed by atoms with Gasteiger partial charge in [0.25, 0.3) is 39.1 Å². The number of amides is 1. The van der Waals surface area contributed by atoms with Crippen LogP contribution in [0.4, 0.5) is 52.6 Å². The Hall–Kier alpha value is -13.2. The van der Waals surface area contributed by atoms with E-state index in [0.29, 0.717) is 114 Å². The molecule has 0 unspecified atom stereocenters. The van der Waals surface area contributed by atoms with Crippen LogP contribution in [0.25, 0.3) is 64.2 Å². The number of hydrogen-bond acceptors (Lipinski definition) is 27. The van der Waals surface area contributed by atoms with Crippen molar-refractivity contribution in [3.05, 3.63) is 298 Å². The molecule has 11 N–H and O–H groups in total. The average Bonchev–Trinajstić information content (AvgIpc) is 1.43. The number of phenolic OH excluding ortho intramolecular Hbond substituents is 2. The summed E-state index contributed by atoms with van der Waals surface area (Å²) in [6.07, 6.45) is 1.84. The Morgan fingerprint density at radius 3 is 1.23 bits per heavy atom. The summed E-state index contributed by atoms with van der Waals surface area (Å²) in [6, 6.07) is 71.0. The smallest absolute Gasteiger partial charge is 0.490 e. The fourth-order valence-electron chi connectivity index (χ4n) is 14.1. The van der Waals surface area contributed by atoms with Gasteiger partial charge < -0.3 is 56.1 Å². The van der Waals surface area contributed by atoms with Gasteiger partial charge in [0.15, 0.2) is 0 Å². The quantitative estimate of drug-likeness (QED) is 0.0250. The number of carboxylic acid groups (broad SMARTS) is 1. The molecule has 0 aliphatic carbocycles. The summed E-state index contributed by atoms with van der Waals surface area (Å²) in [5, 5.41) is 42.8. The Balaban J connectivity index is 0.000000157. The lowest BCUT2D eigenvalue weighted by molar-refractivity contribution is -0.192. The van der Waals surface area contributed by atoms with Gasteiger partial charge in [0, 0.05) is 104 Å². The molecule has 2 aliphatic rings. The lowest BCUT2D eigenvalue weighted by Crippen LogP contribution is -2.47. The number of nitrogens with one attached hydrogen (secondary N) is 6. The summed E-state index contributed by atoms with van der Waals surface area (Å²) in [4.78, 5) is 51.8. The van der Waals surface area contributed by atoms with E-state index in [1.54, 1.807) is 174 Å². The number of carbonyl (C=O) groups is 2. The number of hydrogen-bond donors (Lipinski definition) is 10. The third-order valence-corrected chi connectivity index (χ3v) is 29.4. The molecule has 2 aliphatic heterocycles. The molecule has 44 heteroatoms. The molecule has 4 aromatic heterocycles. The van der Waals surface area contributed by atoms with Gasteiger partial charge in [0.1, 0.15) is 57.9 Å². The molecule has 722 valence electrons. The number of aromatic nitrogens is 6. The number of likely N-dealkylation sites (tertiary alicyclic amines) is 1. The maximum absolute atomic E-state index is 13.2. The van der Waals surface area contributed by atoms with Crippen LogP contribution in [0, 0.1) is 0 Å². The predicted octanol–water partition coefficient (Wildman–Crippen LogP) is 23.0. The fraction of sp³-hybridized carbons (Fsp3) is 0.158. The molecular weight excluding hydrogens is 2020 g/mol. The number of anilines is 6. The number of carboxylic acids is 1. The van der Waals surface area contributed by atoms with E-state index < -0.39 is 56.9 Å². The standard InChI is InChI=1S/C33H33ClN6O5S2.C28H25ClN6O3S2.C16H12ClNO3S.C10H9NO.C6H4Cl2O2S.C2HF3O2/c1-33(2,3)45-32(41)40-18-8-9-21(19-40)37-31-35-17-16-26(38-31)29-30(36-20-46-29)44-27-14-7-10-22-23(27)11-6-13-25(22)39-47(42,43)28-15-5-4-12-24(28)34;29-21-9-1-2-12-25(21)40(36,37)35-22-10-3-8-20-19(22)7-4-11-24(20)38-27-26(39-17-32-27)23-13-15-31-28(34-23)33-18-6-5-14-30-16-18;17-13-7-1-2-10-16(13)22(20,21)18-14-8-3-6-12-11(14)5-4-9-15(12)19;11-9-5-1-4-8-7(9)3-2-6-10(8)12;7-5-3-1-2-4-6(5)11(8,9)10;3-2(4,5)1(6)7/h4-7,10-17,20-21,39H,8-9,18-19H2,1-3H3,(H,35,37,38);1-4,7-13,15,17-18,30,35H,5-6,14,16H2,(H,31,33,34);1-10,18-19H;1-6,12H,11H2;1-4H;(H,6,7)/t21-;18-;;;;/m00..../s1. The number of benzene rings is 12. The molecule has 0 saturated carbocycles. The number of nitrogens with zero attached hydrogens (tertiary/aromatic N) is 7. The third kappa shape index (κ3) is 27.3. The molecule has 16 aromatic rings. The van der Waals surface area contributed by atoms with Gasteiger partial charge in [-0.05, 0) is 162 Å². The van der Waals surface area contributed by atoms with Crippen molar-refractivity contribution in [2.75, 3.05) is 56.7 Å². The molecule has 0 radical (unpaired) electrons. The van der Waals surface area contributed by atoms with Crippen molar-refractivity contribution in [2.24, 2.45) is 0 Å². The average molecular weight is 2100 g/mol. The number of piperidine rings is 2. The van der Waals surface area contributed by atoms with Crippen molar-refractivity contribution in [2.45, 2.75) is 89.9 Å². The van der Waals surface area contributed by atoms with E-state index in [1.807, 2.05) is 87.5 Å². The highest BCUT2D eigenvalue weighted by atomic mass is 35.7. The van der Waals surface area contributed by atoms with E-state index in [0.717, 1.165) is 59.8 Å². The number of phenols is 2. The van der Waals surface area contributed by atoms with Crippen molar-refractivity contribution < 1.29 is 86.0 Å². The molecule has 12 aromatic carbocycles. The first-order chi connectivity index (χ1) is 66.2. The summed E-state index contributed by atoms with van der Waals surface area (Å²) in [5.74, 6) is 0.383. The summed E-state index contributed by atoms with van der Waals surface area (Å²) in [7, 11) is -10.3. The number of rotatable bonds is 20. The second-order valence-electron chi connectivity index (χ2n) is 31.3. The number of aromatic hydroxyl groups is 2. The summed E-state index contributed by atoms with van der Waals surface area (Å²) in [5.41, 5.74) is 11.7. The predicted molar refractivity (Wildman–Crippen MR) is 539 cm³/mol. The number of ether oxygens (including phenoxy) is 3. The molecule has 1 amide bonds. The Bertz CT molecular complexity index is 7610. The molecule has 18 rings (SSSR count). The highest BCUT2D eigenvalue weighted by molar-refractivity contribution is 8.13. The number of halogens is 8. The van der Waals surface area contributed by atoms with Crippen molar-refractivity contribution in [3.63, 3.8) is 0 Å². The summed E-state index contributed by atoms with van der Waals surface area (Å²) >= 11 is 26.6. The minimum Gasteiger partial charge on any atom is -0.507 e. The normalized spacial score (nSPS) is 13.8. The van der Waals surface area contributed by atoms with E-state index in [-0.39, 0.29) is 69.3 Å². The lowest BCUT2D eigenvalue weighted by atomic mass is 10.1. The number of alkyl halides is 3. The molecule has 30 nitrogen and oxygen atoms in total. The zero-order valence-electron chi connectivity index (χ0n) is 73.2. The van der Waals surface area contributed by atoms with Crippen LogP contribution in [-0.4, -0.2) is 146 Å². The van der Waals surface area contributed by atoms with Crippen molar-refractivity contribution in [3.8, 4) is 55.9 Å². The molecule has 0 bridgehead atoms. The first-order valence-corrected chi connectivity index (χ1v) is 51.8. The number of nitrogens with two attached hydrogens (primary N) is 1. The van der Waals surface area contributed by atoms with Gasteiger partial charge in [-0.1, -0.05) is 192 Å².